The number of benzene rings is 3. The van der Waals surface area contributed by atoms with E-state index in [0.29, 0.717) is 36.0 Å². The van der Waals surface area contributed by atoms with Crippen LogP contribution in [0.2, 0.25) is 10.0 Å². The molecule has 0 radical (unpaired) electrons. The normalized spacial score (nSPS) is 21.5. The Hall–Kier alpha value is -3.64. The van der Waals surface area contributed by atoms with Crippen molar-refractivity contribution >= 4 is 40.9 Å². The van der Waals surface area contributed by atoms with Crippen LogP contribution in [0.3, 0.4) is 0 Å². The summed E-state index contributed by atoms with van der Waals surface area (Å²) in [5.41, 5.74) is 0.875. The number of aliphatic imine (C=N–C) groups is 1. The van der Waals surface area contributed by atoms with Crippen LogP contribution in [0.15, 0.2) is 71.7 Å². The number of piperazine rings is 1. The molecule has 3 unspecified atom stereocenters. The fourth-order valence-corrected chi connectivity index (χ4v) is 7.15. The summed E-state index contributed by atoms with van der Waals surface area (Å²) in [6, 6.07) is 15.5. The highest BCUT2D eigenvalue weighted by Crippen LogP contribution is 2.46. The maximum absolute atomic E-state index is 15.4. The smallest absolute Gasteiger partial charge is 0.416 e. The van der Waals surface area contributed by atoms with Gasteiger partial charge in [0.05, 0.1) is 36.4 Å². The number of carbonyl (C=O) groups is 2. The Morgan fingerprint density at radius 3 is 2.23 bits per heavy atom. The van der Waals surface area contributed by atoms with Gasteiger partial charge in [0, 0.05) is 23.1 Å². The fourth-order valence-electron chi connectivity index (χ4n) is 6.90. The van der Waals surface area contributed by atoms with Crippen molar-refractivity contribution in [1.82, 2.24) is 20.4 Å². The SMILES string of the molecule is CCOc1cc(C(F)(F)F)ccc1C1=NC(c2ccc(Cl)cc2)C(c2ccc(Cl)cc2)N1C(=O)C(C1CCNCC1)N1CCNC(=O)C1. The van der Waals surface area contributed by atoms with Crippen LogP contribution < -0.4 is 15.4 Å². The lowest BCUT2D eigenvalue weighted by molar-refractivity contribution is -0.140. The van der Waals surface area contributed by atoms with Gasteiger partial charge in [0.2, 0.25) is 11.8 Å². The van der Waals surface area contributed by atoms with Crippen molar-refractivity contribution in [3.63, 3.8) is 0 Å². The van der Waals surface area contributed by atoms with Gasteiger partial charge in [-0.25, -0.2) is 0 Å². The number of hydrogen-bond acceptors (Lipinski definition) is 6. The highest BCUT2D eigenvalue weighted by Gasteiger charge is 2.48. The predicted octanol–water partition coefficient (Wildman–Crippen LogP) is 6.28. The van der Waals surface area contributed by atoms with Crippen molar-refractivity contribution in [1.29, 1.82) is 0 Å². The van der Waals surface area contributed by atoms with E-state index < -0.39 is 29.9 Å². The molecule has 13 heteroatoms. The van der Waals surface area contributed by atoms with Gasteiger partial charge in [0.15, 0.2) is 0 Å². The lowest BCUT2D eigenvalue weighted by Gasteiger charge is -2.42. The molecule has 2 saturated heterocycles. The molecule has 0 aromatic heterocycles. The lowest BCUT2D eigenvalue weighted by atomic mass is 9.86. The molecule has 0 bridgehead atoms. The number of amides is 2. The Bertz CT molecular complexity index is 1660. The number of amidine groups is 1. The molecule has 3 aromatic carbocycles. The van der Waals surface area contributed by atoms with Crippen LogP contribution in [0.4, 0.5) is 13.2 Å². The monoisotopic (exact) mass is 701 g/mol. The molecule has 2 fully saturated rings. The molecule has 48 heavy (non-hydrogen) atoms. The van der Waals surface area contributed by atoms with Crippen molar-refractivity contribution < 1.29 is 27.5 Å². The Labute approximate surface area is 287 Å². The number of rotatable bonds is 8. The van der Waals surface area contributed by atoms with Gasteiger partial charge in [-0.3, -0.25) is 24.4 Å². The molecule has 0 saturated carbocycles. The zero-order valence-electron chi connectivity index (χ0n) is 26.3. The number of alkyl halides is 3. The van der Waals surface area contributed by atoms with Crippen LogP contribution in [0, 0.1) is 5.92 Å². The number of ether oxygens (including phenoxy) is 1. The van der Waals surface area contributed by atoms with E-state index in [0.717, 1.165) is 36.3 Å². The maximum atomic E-state index is 15.4. The Morgan fingerprint density at radius 1 is 0.979 bits per heavy atom. The van der Waals surface area contributed by atoms with Crippen molar-refractivity contribution in [2.24, 2.45) is 10.9 Å². The summed E-state index contributed by atoms with van der Waals surface area (Å²) >= 11 is 12.6. The molecule has 3 aromatic rings. The van der Waals surface area contributed by atoms with Crippen LogP contribution in [-0.2, 0) is 15.8 Å². The number of halogens is 5. The Morgan fingerprint density at radius 2 is 1.62 bits per heavy atom. The Kier molecular flexibility index (Phi) is 10.3. The van der Waals surface area contributed by atoms with Gasteiger partial charge < -0.3 is 15.4 Å². The molecule has 3 aliphatic rings. The van der Waals surface area contributed by atoms with Crippen LogP contribution in [0.25, 0.3) is 0 Å². The average molecular weight is 703 g/mol. The zero-order valence-corrected chi connectivity index (χ0v) is 27.8. The van der Waals surface area contributed by atoms with E-state index in [1.807, 2.05) is 29.2 Å². The van der Waals surface area contributed by atoms with Crippen molar-refractivity contribution in [3.8, 4) is 5.75 Å². The largest absolute Gasteiger partial charge is 0.493 e. The molecule has 3 heterocycles. The molecule has 3 atom stereocenters. The third-order valence-corrected chi connectivity index (χ3v) is 9.63. The van der Waals surface area contributed by atoms with Gasteiger partial charge in [-0.05, 0) is 92.4 Å². The maximum Gasteiger partial charge on any atom is 0.416 e. The highest BCUT2D eigenvalue weighted by atomic mass is 35.5. The highest BCUT2D eigenvalue weighted by molar-refractivity contribution is 6.30. The first-order valence-electron chi connectivity index (χ1n) is 16.0. The van der Waals surface area contributed by atoms with E-state index in [4.69, 9.17) is 32.9 Å². The van der Waals surface area contributed by atoms with Gasteiger partial charge in [-0.1, -0.05) is 47.5 Å². The van der Waals surface area contributed by atoms with E-state index >= 15 is 4.79 Å². The van der Waals surface area contributed by atoms with E-state index in [2.05, 4.69) is 10.6 Å². The minimum Gasteiger partial charge on any atom is -0.493 e. The van der Waals surface area contributed by atoms with Crippen LogP contribution in [-0.4, -0.2) is 72.8 Å². The van der Waals surface area contributed by atoms with Crippen molar-refractivity contribution in [2.45, 2.75) is 44.1 Å². The minimum atomic E-state index is -4.61. The molecule has 3 aliphatic heterocycles. The topological polar surface area (TPSA) is 86.3 Å². The lowest BCUT2D eigenvalue weighted by Crippen LogP contribution is -2.60. The van der Waals surface area contributed by atoms with E-state index in [9.17, 15) is 18.0 Å². The first-order chi connectivity index (χ1) is 23.0. The summed E-state index contributed by atoms with van der Waals surface area (Å²) < 4.78 is 47.5. The Balaban J connectivity index is 1.56. The molecule has 254 valence electrons. The summed E-state index contributed by atoms with van der Waals surface area (Å²) in [5, 5.41) is 7.24. The summed E-state index contributed by atoms with van der Waals surface area (Å²) in [5.74, 6) is -0.374. The van der Waals surface area contributed by atoms with Gasteiger partial charge in [0.25, 0.3) is 0 Å². The van der Waals surface area contributed by atoms with E-state index in [1.54, 1.807) is 36.1 Å². The number of nitrogens with zero attached hydrogens (tertiary/aromatic N) is 3. The molecule has 0 aliphatic carbocycles. The molecule has 0 spiro atoms. The number of carbonyl (C=O) groups excluding carboxylic acids is 2. The van der Waals surface area contributed by atoms with Crippen LogP contribution in [0.5, 0.6) is 5.75 Å². The summed E-state index contributed by atoms with van der Waals surface area (Å²) in [6.45, 7) is 4.15. The average Bonchev–Trinajstić information content (AvgIpc) is 3.46. The summed E-state index contributed by atoms with van der Waals surface area (Å²) in [4.78, 5) is 36.7. The molecule has 8 nitrogen and oxygen atoms in total. The second kappa shape index (κ2) is 14.5. The third kappa shape index (κ3) is 7.19. The second-order valence-corrected chi connectivity index (χ2v) is 13.0. The van der Waals surface area contributed by atoms with Crippen molar-refractivity contribution in [2.75, 3.05) is 39.3 Å². The van der Waals surface area contributed by atoms with E-state index in [-0.39, 0.29) is 48.0 Å². The minimum absolute atomic E-state index is 0.0359. The summed E-state index contributed by atoms with van der Waals surface area (Å²) in [7, 11) is 0. The van der Waals surface area contributed by atoms with Crippen LogP contribution >= 0.6 is 23.2 Å². The van der Waals surface area contributed by atoms with Crippen LogP contribution in [0.1, 0.15) is 54.1 Å². The zero-order chi connectivity index (χ0) is 34.0. The van der Waals surface area contributed by atoms with Gasteiger partial charge >= 0.3 is 6.18 Å². The summed E-state index contributed by atoms with van der Waals surface area (Å²) in [6.07, 6.45) is -3.18. The first-order valence-corrected chi connectivity index (χ1v) is 16.8. The molecule has 2 N–H and O–H groups in total. The van der Waals surface area contributed by atoms with Gasteiger partial charge in [-0.2, -0.15) is 13.2 Å². The predicted molar refractivity (Wildman–Crippen MR) is 178 cm³/mol. The quantitative estimate of drug-likeness (QED) is 0.289. The molecule has 2 amide bonds. The molecular formula is C35H36Cl2F3N5O3. The number of piperidine rings is 1. The fraction of sp³-hybridized carbons (Fsp3) is 0.400. The molecule has 6 rings (SSSR count). The molecular weight excluding hydrogens is 666 g/mol. The number of nitrogens with one attached hydrogen (secondary N) is 2. The van der Waals surface area contributed by atoms with E-state index in [1.165, 1.54) is 6.07 Å². The first kappa shape index (κ1) is 34.2. The second-order valence-electron chi connectivity index (χ2n) is 12.1. The number of hydrogen-bond donors (Lipinski definition) is 2. The van der Waals surface area contributed by atoms with Gasteiger partial charge in [0.1, 0.15) is 17.6 Å². The standard InChI is InChI=1S/C35H36Cl2F3N5O3/c1-2-48-28-19-24(35(38,39)40)7-12-27(28)33-43-30(21-3-8-25(36)9-4-21)31(22-5-10-26(37)11-6-22)45(33)34(47)32(23-13-15-41-16-14-23)44-18-17-42-29(46)20-44/h3-12,19,23,30-32,41H,2,13-18,20H2,1H3,(H,42,46). The van der Waals surface area contributed by atoms with Gasteiger partial charge in [-0.15, -0.1) is 0 Å². The van der Waals surface area contributed by atoms with Crippen molar-refractivity contribution in [3.05, 3.63) is 99.0 Å². The third-order valence-electron chi connectivity index (χ3n) is 9.12.